The molecule has 1 N–H and O–H groups in total. The van der Waals surface area contributed by atoms with E-state index in [9.17, 15) is 9.59 Å². The Labute approximate surface area is 232 Å². The predicted molar refractivity (Wildman–Crippen MR) is 161 cm³/mol. The van der Waals surface area contributed by atoms with Crippen LogP contribution in [0.2, 0.25) is 18.1 Å². The molecule has 9 heteroatoms. The van der Waals surface area contributed by atoms with Crippen LogP contribution in [0.1, 0.15) is 65.3 Å². The summed E-state index contributed by atoms with van der Waals surface area (Å²) in [6.07, 6.45) is 5.10. The number of aryl methyl sites for hydroxylation is 2. The van der Waals surface area contributed by atoms with Gasteiger partial charge in [0.2, 0.25) is 0 Å². The van der Waals surface area contributed by atoms with Gasteiger partial charge in [-0.05, 0) is 69.9 Å². The Bertz CT molecular complexity index is 1450. The summed E-state index contributed by atoms with van der Waals surface area (Å²) < 4.78 is 13.5. The Hall–Kier alpha value is -3.30. The van der Waals surface area contributed by atoms with Crippen LogP contribution in [0.3, 0.4) is 0 Å². The Balaban J connectivity index is 1.98. The van der Waals surface area contributed by atoms with Crippen LogP contribution < -0.4 is 10.9 Å². The molecule has 0 radical (unpaired) electrons. The number of carbonyl (C=O) groups excluding carboxylic acids is 1. The molecule has 0 bridgehead atoms. The Morgan fingerprint density at radius 2 is 1.77 bits per heavy atom. The van der Waals surface area contributed by atoms with Gasteiger partial charge in [-0.15, -0.1) is 6.58 Å². The first-order valence-corrected chi connectivity index (χ1v) is 16.1. The van der Waals surface area contributed by atoms with Gasteiger partial charge in [0, 0.05) is 42.0 Å². The fourth-order valence-corrected chi connectivity index (χ4v) is 5.26. The molecular weight excluding hydrogens is 508 g/mol. The number of nitrogens with zero attached hydrogens (tertiary/aromatic N) is 3. The first-order chi connectivity index (χ1) is 17.9. The molecule has 39 heavy (non-hydrogen) atoms. The second kappa shape index (κ2) is 11.1. The van der Waals surface area contributed by atoms with Gasteiger partial charge in [-0.3, -0.25) is 15.1 Å². The van der Waals surface area contributed by atoms with Crippen LogP contribution in [-0.4, -0.2) is 34.5 Å². The smallest absolute Gasteiger partial charge is 0.413 e. The van der Waals surface area contributed by atoms with Crippen LogP contribution in [0.25, 0.3) is 22.0 Å². The van der Waals surface area contributed by atoms with Crippen molar-refractivity contribution in [2.75, 3.05) is 5.32 Å². The number of rotatable bonds is 7. The first-order valence-electron chi connectivity index (χ1n) is 13.2. The molecule has 1 unspecified atom stereocenters. The van der Waals surface area contributed by atoms with Gasteiger partial charge in [-0.2, -0.15) is 0 Å². The van der Waals surface area contributed by atoms with Crippen molar-refractivity contribution in [2.45, 2.75) is 84.7 Å². The summed E-state index contributed by atoms with van der Waals surface area (Å²) in [7, 11) is -0.335. The molecule has 0 spiro atoms. The molecule has 0 fully saturated rings. The molecule has 0 saturated carbocycles. The van der Waals surface area contributed by atoms with E-state index in [2.05, 4.69) is 50.7 Å². The molecule has 8 nitrogen and oxygen atoms in total. The highest BCUT2D eigenvalue weighted by Crippen LogP contribution is 2.40. The zero-order chi connectivity index (χ0) is 29.3. The van der Waals surface area contributed by atoms with E-state index in [1.54, 1.807) is 50.8 Å². The van der Waals surface area contributed by atoms with E-state index in [-0.39, 0.29) is 16.7 Å². The summed E-state index contributed by atoms with van der Waals surface area (Å²) in [6, 6.07) is 5.49. The molecule has 1 atom stereocenters. The van der Waals surface area contributed by atoms with Crippen molar-refractivity contribution in [3.63, 3.8) is 0 Å². The van der Waals surface area contributed by atoms with Gasteiger partial charge in [-0.1, -0.05) is 26.8 Å². The van der Waals surface area contributed by atoms with Crippen LogP contribution >= 0.6 is 0 Å². The third-order valence-electron chi connectivity index (χ3n) is 7.11. The van der Waals surface area contributed by atoms with Crippen molar-refractivity contribution >= 4 is 31.1 Å². The highest BCUT2D eigenvalue weighted by atomic mass is 28.4. The summed E-state index contributed by atoms with van der Waals surface area (Å²) in [4.78, 5) is 34.7. The van der Waals surface area contributed by atoms with Crippen LogP contribution in [0.15, 0.2) is 48.0 Å². The van der Waals surface area contributed by atoms with E-state index in [1.807, 2.05) is 25.1 Å². The molecule has 0 aliphatic rings. The predicted octanol–water partition coefficient (Wildman–Crippen LogP) is 7.29. The summed E-state index contributed by atoms with van der Waals surface area (Å²) >= 11 is 0. The number of anilines is 1. The fraction of sp³-hybridized carbons (Fsp3) is 0.467. The Morgan fingerprint density at radius 3 is 2.33 bits per heavy atom. The van der Waals surface area contributed by atoms with Gasteiger partial charge in [0.05, 0.1) is 17.3 Å². The van der Waals surface area contributed by atoms with Crippen molar-refractivity contribution in [1.29, 1.82) is 0 Å². The largest absolute Gasteiger partial charge is 0.444 e. The summed E-state index contributed by atoms with van der Waals surface area (Å²) in [5.74, 6) is 0.302. The quantitative estimate of drug-likeness (QED) is 0.245. The van der Waals surface area contributed by atoms with Crippen molar-refractivity contribution < 1.29 is 14.0 Å². The lowest BCUT2D eigenvalue weighted by Gasteiger charge is -2.39. The number of ether oxygens (including phenoxy) is 1. The molecule has 210 valence electrons. The van der Waals surface area contributed by atoms with Gasteiger partial charge in [-0.25, -0.2) is 9.78 Å². The minimum absolute atomic E-state index is 0.0645. The number of carbonyl (C=O) groups is 1. The lowest BCUT2D eigenvalue weighted by Crippen LogP contribution is -2.41. The number of nitrogens with one attached hydrogen (secondary N) is 1. The van der Waals surface area contributed by atoms with E-state index in [0.29, 0.717) is 23.3 Å². The summed E-state index contributed by atoms with van der Waals surface area (Å²) in [6.45, 7) is 22.4. The van der Waals surface area contributed by atoms with Crippen molar-refractivity contribution in [2.24, 2.45) is 7.05 Å². The van der Waals surface area contributed by atoms with Crippen LogP contribution in [0.4, 0.5) is 10.6 Å². The standard InChI is InChI=1S/C30H42N4O4Si/c1-12-13-25(38-39(10,11)30(6,7)8)23-14-19(2)22(18-31-23)21-15-20-17-32-26(16-24(20)34(9)27(21)35)33-28(36)37-29(3,4)5/h12,14-18,25H,1,13H2,2-11H3,(H,32,33,36). The molecule has 0 aliphatic heterocycles. The fourth-order valence-electron chi connectivity index (χ4n) is 3.98. The van der Waals surface area contributed by atoms with Crippen LogP contribution in [0.5, 0.6) is 0 Å². The number of fused-ring (bicyclic) bond motifs is 1. The maximum Gasteiger partial charge on any atom is 0.413 e. The van der Waals surface area contributed by atoms with Gasteiger partial charge in [0.25, 0.3) is 5.56 Å². The van der Waals surface area contributed by atoms with E-state index in [0.717, 1.165) is 22.2 Å². The minimum atomic E-state index is -2.04. The topological polar surface area (TPSA) is 95.3 Å². The van der Waals surface area contributed by atoms with Gasteiger partial charge in [0.1, 0.15) is 11.4 Å². The molecular formula is C30H42N4O4Si. The lowest BCUT2D eigenvalue weighted by atomic mass is 10.0. The highest BCUT2D eigenvalue weighted by Gasteiger charge is 2.39. The van der Waals surface area contributed by atoms with Crippen molar-refractivity contribution in [3.8, 4) is 11.1 Å². The third-order valence-corrected chi connectivity index (χ3v) is 11.6. The molecule has 3 rings (SSSR count). The normalized spacial score (nSPS) is 13.3. The van der Waals surface area contributed by atoms with Gasteiger partial charge >= 0.3 is 6.09 Å². The summed E-state index contributed by atoms with van der Waals surface area (Å²) in [5, 5.41) is 3.46. The van der Waals surface area contributed by atoms with Crippen LogP contribution in [-0.2, 0) is 16.2 Å². The SMILES string of the molecule is C=CCC(O[Si](C)(C)C(C)(C)C)c1cc(C)c(-c2cc3cnc(NC(=O)OC(C)(C)C)cc3n(C)c2=O)cn1. The third kappa shape index (κ3) is 7.02. The number of pyridine rings is 3. The minimum Gasteiger partial charge on any atom is -0.444 e. The highest BCUT2D eigenvalue weighted by molar-refractivity contribution is 6.74. The number of hydrogen-bond acceptors (Lipinski definition) is 6. The number of amides is 1. The maximum atomic E-state index is 13.4. The van der Waals surface area contributed by atoms with Gasteiger partial charge in [0.15, 0.2) is 8.32 Å². The lowest BCUT2D eigenvalue weighted by molar-refractivity contribution is 0.0635. The van der Waals surface area contributed by atoms with Gasteiger partial charge < -0.3 is 13.7 Å². The average molecular weight is 551 g/mol. The second-order valence-corrected chi connectivity index (χ2v) is 17.2. The van der Waals surface area contributed by atoms with E-state index < -0.39 is 20.0 Å². The second-order valence-electron chi connectivity index (χ2n) is 12.5. The maximum absolute atomic E-state index is 13.4. The van der Waals surface area contributed by atoms with Crippen molar-refractivity contribution in [1.82, 2.24) is 14.5 Å². The number of hydrogen-bond donors (Lipinski definition) is 1. The van der Waals surface area contributed by atoms with E-state index >= 15 is 0 Å². The first kappa shape index (κ1) is 30.2. The molecule has 0 aliphatic carbocycles. The molecule has 3 aromatic rings. The monoisotopic (exact) mass is 550 g/mol. The van der Waals surface area contributed by atoms with E-state index in [4.69, 9.17) is 14.1 Å². The van der Waals surface area contributed by atoms with E-state index in [1.165, 1.54) is 0 Å². The average Bonchev–Trinajstić information content (AvgIpc) is 2.79. The Morgan fingerprint density at radius 1 is 1.10 bits per heavy atom. The molecule has 3 heterocycles. The molecule has 0 saturated heterocycles. The Kier molecular flexibility index (Phi) is 8.57. The molecule has 1 amide bonds. The van der Waals surface area contributed by atoms with Crippen LogP contribution in [0, 0.1) is 6.92 Å². The number of aromatic nitrogens is 3. The molecule has 3 aromatic heterocycles. The van der Waals surface area contributed by atoms with Crippen molar-refractivity contribution in [3.05, 3.63) is 64.9 Å². The summed E-state index contributed by atoms with van der Waals surface area (Å²) in [5.41, 5.74) is 2.88. The zero-order valence-electron chi connectivity index (χ0n) is 24.9. The zero-order valence-corrected chi connectivity index (χ0v) is 25.9. The molecule has 0 aromatic carbocycles.